The van der Waals surface area contributed by atoms with Crippen molar-refractivity contribution in [2.24, 2.45) is 7.05 Å². The maximum atomic E-state index is 12.5. The number of carbonyl (C=O) groups is 1. The number of sulfone groups is 1. The Bertz CT molecular complexity index is 1130. The Kier molecular flexibility index (Phi) is 6.70. The molecule has 29 heavy (non-hydrogen) atoms. The van der Waals surface area contributed by atoms with E-state index in [1.54, 1.807) is 37.4 Å². The Morgan fingerprint density at radius 3 is 2.59 bits per heavy atom. The number of nitrogens with zero attached hydrogens (tertiary/aromatic N) is 4. The molecule has 0 atom stereocenters. The van der Waals surface area contributed by atoms with Crippen LogP contribution >= 0.6 is 27.7 Å². The Morgan fingerprint density at radius 2 is 1.93 bits per heavy atom. The molecule has 3 rings (SSSR count). The second-order valence-electron chi connectivity index (χ2n) is 6.26. The molecule has 0 aliphatic rings. The highest BCUT2D eigenvalue weighted by molar-refractivity contribution is 9.10. The van der Waals surface area contributed by atoms with E-state index in [-0.39, 0.29) is 17.1 Å². The van der Waals surface area contributed by atoms with Crippen LogP contribution in [0.4, 0.5) is 5.69 Å². The third-order valence-corrected chi connectivity index (χ3v) is 7.31. The molecule has 11 heteroatoms. The van der Waals surface area contributed by atoms with E-state index in [1.807, 2.05) is 19.1 Å². The van der Waals surface area contributed by atoms with Crippen LogP contribution in [0.5, 0.6) is 0 Å². The Morgan fingerprint density at radius 1 is 1.21 bits per heavy atom. The summed E-state index contributed by atoms with van der Waals surface area (Å²) in [6, 6.07) is 12.0. The van der Waals surface area contributed by atoms with Gasteiger partial charge in [-0.05, 0) is 59.4 Å². The Hall–Kier alpha value is -2.24. The number of benzene rings is 2. The lowest BCUT2D eigenvalue weighted by molar-refractivity contribution is -0.115. The van der Waals surface area contributed by atoms with E-state index in [9.17, 15) is 13.2 Å². The van der Waals surface area contributed by atoms with Gasteiger partial charge in [0.1, 0.15) is 0 Å². The topological polar surface area (TPSA) is 107 Å². The van der Waals surface area contributed by atoms with Crippen molar-refractivity contribution in [3.63, 3.8) is 0 Å². The maximum absolute atomic E-state index is 12.5. The van der Waals surface area contributed by atoms with Crippen molar-refractivity contribution in [3.05, 3.63) is 52.5 Å². The molecule has 0 unspecified atom stereocenters. The minimum absolute atomic E-state index is 0.154. The fourth-order valence-corrected chi connectivity index (χ4v) is 4.80. The molecular formula is C18H18BrN5O3S2. The molecular weight excluding hydrogens is 478 g/mol. The highest BCUT2D eigenvalue weighted by Crippen LogP contribution is 2.34. The molecule has 1 N–H and O–H groups in total. The van der Waals surface area contributed by atoms with Crippen molar-refractivity contribution in [3.8, 4) is 0 Å². The normalized spacial score (nSPS) is 11.4. The standard InChI is InChI=1S/C18H18BrN5O3S2/c1-12-3-6-14(7-4-12)29(26,27)10-9-17(25)20-15-11-13(19)5-8-16(15)28-18-21-22-23-24(18)2/h3-8,11H,9-10H2,1-2H3,(H,20,25). The number of nitrogens with one attached hydrogen (secondary N) is 1. The van der Waals surface area contributed by atoms with Crippen molar-refractivity contribution >= 4 is 49.1 Å². The molecule has 0 radical (unpaired) electrons. The number of hydrogen-bond acceptors (Lipinski definition) is 7. The Balaban J connectivity index is 1.69. The van der Waals surface area contributed by atoms with E-state index in [0.29, 0.717) is 10.8 Å². The van der Waals surface area contributed by atoms with Crippen molar-refractivity contribution in [2.75, 3.05) is 11.1 Å². The average molecular weight is 496 g/mol. The third kappa shape index (κ3) is 5.64. The van der Waals surface area contributed by atoms with Crippen LogP contribution in [0.15, 0.2) is 61.9 Å². The summed E-state index contributed by atoms with van der Waals surface area (Å²) in [5.41, 5.74) is 1.52. The minimum atomic E-state index is -3.53. The second kappa shape index (κ2) is 9.06. The van der Waals surface area contributed by atoms with E-state index in [2.05, 4.69) is 36.8 Å². The van der Waals surface area contributed by atoms with E-state index >= 15 is 0 Å². The number of carbonyl (C=O) groups excluding carboxylic acids is 1. The lowest BCUT2D eigenvalue weighted by atomic mass is 10.2. The van der Waals surface area contributed by atoms with E-state index in [4.69, 9.17) is 0 Å². The molecule has 2 aromatic carbocycles. The van der Waals surface area contributed by atoms with Crippen LogP contribution in [0, 0.1) is 6.92 Å². The zero-order chi connectivity index (χ0) is 21.0. The van der Waals surface area contributed by atoms with Gasteiger partial charge in [-0.25, -0.2) is 13.1 Å². The summed E-state index contributed by atoms with van der Waals surface area (Å²) in [5.74, 6) is -0.664. The van der Waals surface area contributed by atoms with Crippen molar-refractivity contribution < 1.29 is 13.2 Å². The number of tetrazole rings is 1. The monoisotopic (exact) mass is 495 g/mol. The lowest BCUT2D eigenvalue weighted by Crippen LogP contribution is -2.18. The molecule has 0 spiro atoms. The number of hydrogen-bond donors (Lipinski definition) is 1. The summed E-state index contributed by atoms with van der Waals surface area (Å²) in [6.07, 6.45) is -0.154. The molecule has 0 bridgehead atoms. The molecule has 0 fully saturated rings. The van der Waals surface area contributed by atoms with Crippen molar-refractivity contribution in [1.29, 1.82) is 0 Å². The molecule has 1 aromatic heterocycles. The number of aryl methyl sites for hydroxylation is 2. The molecule has 0 saturated heterocycles. The number of amides is 1. The fraction of sp³-hybridized carbons (Fsp3) is 0.222. The summed E-state index contributed by atoms with van der Waals surface area (Å²) in [5, 5.41) is 14.6. The van der Waals surface area contributed by atoms with Gasteiger partial charge in [0.05, 0.1) is 16.3 Å². The first-order valence-electron chi connectivity index (χ1n) is 8.53. The van der Waals surface area contributed by atoms with Gasteiger partial charge in [0.15, 0.2) is 9.84 Å². The van der Waals surface area contributed by atoms with Crippen LogP contribution in [-0.4, -0.2) is 40.3 Å². The largest absolute Gasteiger partial charge is 0.325 e. The summed E-state index contributed by atoms with van der Waals surface area (Å²) < 4.78 is 27.2. The van der Waals surface area contributed by atoms with Crippen molar-refractivity contribution in [2.45, 2.75) is 28.3 Å². The number of halogens is 1. The highest BCUT2D eigenvalue weighted by atomic mass is 79.9. The van der Waals surface area contributed by atoms with Gasteiger partial charge in [-0.2, -0.15) is 0 Å². The smallest absolute Gasteiger partial charge is 0.225 e. The fourth-order valence-electron chi connectivity index (χ4n) is 2.40. The van der Waals surface area contributed by atoms with Gasteiger partial charge in [0.2, 0.25) is 11.1 Å². The molecule has 3 aromatic rings. The quantitative estimate of drug-likeness (QED) is 0.535. The second-order valence-corrected chi connectivity index (χ2v) is 10.3. The van der Waals surface area contributed by atoms with Crippen LogP contribution in [0.1, 0.15) is 12.0 Å². The van der Waals surface area contributed by atoms with E-state index in [1.165, 1.54) is 16.4 Å². The van der Waals surface area contributed by atoms with Gasteiger partial charge in [-0.15, -0.1) is 5.10 Å². The SMILES string of the molecule is Cc1ccc(S(=O)(=O)CCC(=O)Nc2cc(Br)ccc2Sc2nnnn2C)cc1. The summed E-state index contributed by atoms with van der Waals surface area (Å²) in [6.45, 7) is 1.88. The van der Waals surface area contributed by atoms with Crippen molar-refractivity contribution in [1.82, 2.24) is 20.2 Å². The summed E-state index contributed by atoms with van der Waals surface area (Å²) in [4.78, 5) is 13.4. The highest BCUT2D eigenvalue weighted by Gasteiger charge is 2.18. The van der Waals surface area contributed by atoms with Gasteiger partial charge in [-0.1, -0.05) is 33.6 Å². The number of anilines is 1. The molecule has 0 saturated carbocycles. The lowest BCUT2D eigenvalue weighted by Gasteiger charge is -2.11. The summed E-state index contributed by atoms with van der Waals surface area (Å²) in [7, 11) is -1.82. The minimum Gasteiger partial charge on any atom is -0.325 e. The van der Waals surface area contributed by atoms with Gasteiger partial charge in [-0.3, -0.25) is 4.79 Å². The van der Waals surface area contributed by atoms with Crippen LogP contribution in [0.25, 0.3) is 0 Å². The average Bonchev–Trinajstić information content (AvgIpc) is 3.07. The van der Waals surface area contributed by atoms with Gasteiger partial charge < -0.3 is 5.32 Å². The number of rotatable bonds is 7. The molecule has 0 aliphatic heterocycles. The van der Waals surface area contributed by atoms with Gasteiger partial charge in [0, 0.05) is 22.8 Å². The van der Waals surface area contributed by atoms with E-state index in [0.717, 1.165) is 14.9 Å². The molecule has 1 amide bonds. The maximum Gasteiger partial charge on any atom is 0.225 e. The zero-order valence-electron chi connectivity index (χ0n) is 15.7. The van der Waals surface area contributed by atoms with Crippen LogP contribution < -0.4 is 5.32 Å². The number of aromatic nitrogens is 4. The van der Waals surface area contributed by atoms with Crippen LogP contribution in [0.3, 0.4) is 0 Å². The van der Waals surface area contributed by atoms with Crippen LogP contribution in [-0.2, 0) is 21.7 Å². The summed E-state index contributed by atoms with van der Waals surface area (Å²) >= 11 is 4.68. The molecule has 0 aliphatic carbocycles. The van der Waals surface area contributed by atoms with Crippen LogP contribution in [0.2, 0.25) is 0 Å². The zero-order valence-corrected chi connectivity index (χ0v) is 18.9. The first kappa shape index (κ1) is 21.5. The van der Waals surface area contributed by atoms with Gasteiger partial charge >= 0.3 is 0 Å². The Labute approximate surface area is 181 Å². The molecule has 1 heterocycles. The molecule has 8 nitrogen and oxygen atoms in total. The first-order valence-corrected chi connectivity index (χ1v) is 11.8. The molecule has 152 valence electrons. The first-order chi connectivity index (χ1) is 13.7. The third-order valence-electron chi connectivity index (χ3n) is 3.98. The van der Waals surface area contributed by atoms with Gasteiger partial charge in [0.25, 0.3) is 0 Å². The van der Waals surface area contributed by atoms with E-state index < -0.39 is 15.7 Å². The predicted molar refractivity (Wildman–Crippen MR) is 114 cm³/mol. The predicted octanol–water partition coefficient (Wildman–Crippen LogP) is 3.23.